The molecular formula is C17H24F4O4S. The van der Waals surface area contributed by atoms with Crippen molar-refractivity contribution in [1.82, 2.24) is 0 Å². The van der Waals surface area contributed by atoms with E-state index in [-0.39, 0.29) is 11.8 Å². The van der Waals surface area contributed by atoms with E-state index in [2.05, 4.69) is 0 Å². The van der Waals surface area contributed by atoms with Crippen LogP contribution in [0, 0.1) is 23.2 Å². The van der Waals surface area contributed by atoms with Gasteiger partial charge in [0.1, 0.15) is 0 Å². The predicted octanol–water partition coefficient (Wildman–Crippen LogP) is 4.37. The molecule has 0 aromatic heterocycles. The Bertz CT molecular complexity index is 546. The summed E-state index contributed by atoms with van der Waals surface area (Å²) in [4.78, 5) is 12.1. The Morgan fingerprint density at radius 3 is 2.04 bits per heavy atom. The molecule has 9 heteroatoms. The summed E-state index contributed by atoms with van der Waals surface area (Å²) in [5, 5.41) is -5.02. The maximum atomic E-state index is 13.3. The molecule has 4 bridgehead atoms. The van der Waals surface area contributed by atoms with Gasteiger partial charge in [-0.2, -0.15) is 17.6 Å². The highest BCUT2D eigenvalue weighted by Crippen LogP contribution is 2.61. The van der Waals surface area contributed by atoms with Crippen LogP contribution in [-0.4, -0.2) is 32.5 Å². The number of alkyl halides is 4. The van der Waals surface area contributed by atoms with Crippen LogP contribution in [-0.2, 0) is 20.6 Å². The van der Waals surface area contributed by atoms with Crippen molar-refractivity contribution in [3.63, 3.8) is 0 Å². The van der Waals surface area contributed by atoms with E-state index in [4.69, 9.17) is 9.29 Å². The Hall–Kier alpha value is -0.700. The van der Waals surface area contributed by atoms with Gasteiger partial charge in [0.25, 0.3) is 0 Å². The summed E-state index contributed by atoms with van der Waals surface area (Å²) in [6, 6.07) is 0. The number of carbonyl (C=O) groups excluding carboxylic acids is 1. The SMILES string of the molecule is O=C(CC12CC3CC(CC(C3)C1)C2)OCCCC(F)(F)C(F)(F)S(=O)O. The summed E-state index contributed by atoms with van der Waals surface area (Å²) in [6.45, 7) is -0.394. The second kappa shape index (κ2) is 7.04. The van der Waals surface area contributed by atoms with Crippen molar-refractivity contribution in [2.24, 2.45) is 23.2 Å². The summed E-state index contributed by atoms with van der Waals surface area (Å²) in [5.41, 5.74) is -0.0312. The summed E-state index contributed by atoms with van der Waals surface area (Å²) in [5.74, 6) is -3.07. The molecular weight excluding hydrogens is 376 g/mol. The lowest BCUT2D eigenvalue weighted by Gasteiger charge is -2.56. The fraction of sp³-hybridized carbons (Fsp3) is 0.941. The van der Waals surface area contributed by atoms with E-state index in [9.17, 15) is 26.6 Å². The maximum Gasteiger partial charge on any atom is 0.406 e. The van der Waals surface area contributed by atoms with Crippen molar-refractivity contribution in [1.29, 1.82) is 0 Å². The Kier molecular flexibility index (Phi) is 5.42. The lowest BCUT2D eigenvalue weighted by molar-refractivity contribution is -0.166. The number of rotatable bonds is 8. The first kappa shape index (κ1) is 20.0. The molecule has 1 N–H and O–H groups in total. The van der Waals surface area contributed by atoms with Gasteiger partial charge in [-0.05, 0) is 68.1 Å². The number of ether oxygens (including phenoxy) is 1. The van der Waals surface area contributed by atoms with E-state index in [1.54, 1.807) is 0 Å². The van der Waals surface area contributed by atoms with E-state index in [0.29, 0.717) is 17.8 Å². The Morgan fingerprint density at radius 1 is 1.08 bits per heavy atom. The molecule has 0 amide bonds. The van der Waals surface area contributed by atoms with Gasteiger partial charge in [0.15, 0.2) is 0 Å². The molecule has 26 heavy (non-hydrogen) atoms. The molecule has 0 heterocycles. The molecule has 0 spiro atoms. The van der Waals surface area contributed by atoms with Crippen molar-refractivity contribution in [2.45, 2.75) is 69.0 Å². The summed E-state index contributed by atoms with van der Waals surface area (Å²) < 4.78 is 76.3. The first-order chi connectivity index (χ1) is 12.0. The van der Waals surface area contributed by atoms with E-state index in [0.717, 1.165) is 19.3 Å². The third-order valence-corrected chi connectivity index (χ3v) is 6.96. The van der Waals surface area contributed by atoms with Gasteiger partial charge in [0, 0.05) is 6.42 Å². The van der Waals surface area contributed by atoms with Crippen LogP contribution >= 0.6 is 0 Å². The van der Waals surface area contributed by atoms with Crippen LogP contribution in [0.5, 0.6) is 0 Å². The predicted molar refractivity (Wildman–Crippen MR) is 86.1 cm³/mol. The highest BCUT2D eigenvalue weighted by molar-refractivity contribution is 7.80. The molecule has 4 rings (SSSR count). The molecule has 4 aliphatic carbocycles. The van der Waals surface area contributed by atoms with Crippen molar-refractivity contribution in [2.75, 3.05) is 6.61 Å². The smallest absolute Gasteiger partial charge is 0.406 e. The van der Waals surface area contributed by atoms with Crippen LogP contribution in [0.2, 0.25) is 0 Å². The molecule has 0 saturated heterocycles. The van der Waals surface area contributed by atoms with Crippen molar-refractivity contribution in [3.05, 3.63) is 0 Å². The lowest BCUT2D eigenvalue weighted by atomic mass is 9.49. The molecule has 1 unspecified atom stereocenters. The maximum absolute atomic E-state index is 13.3. The summed E-state index contributed by atoms with van der Waals surface area (Å²) >= 11 is -3.96. The van der Waals surface area contributed by atoms with Gasteiger partial charge >= 0.3 is 17.1 Å². The molecule has 0 aliphatic heterocycles. The first-order valence-electron chi connectivity index (χ1n) is 9.05. The number of halogens is 4. The molecule has 4 nitrogen and oxygen atoms in total. The van der Waals surface area contributed by atoms with Gasteiger partial charge in [0.05, 0.1) is 13.0 Å². The molecule has 150 valence electrons. The number of hydrogen-bond donors (Lipinski definition) is 1. The molecule has 4 aliphatic rings. The minimum absolute atomic E-state index is 0.0312. The Labute approximate surface area is 152 Å². The number of carbonyl (C=O) groups is 1. The van der Waals surface area contributed by atoms with Crippen LogP contribution in [0.3, 0.4) is 0 Å². The molecule has 0 aromatic rings. The molecule has 4 saturated carbocycles. The molecule has 0 radical (unpaired) electrons. The summed E-state index contributed by atoms with van der Waals surface area (Å²) in [7, 11) is 0. The zero-order valence-electron chi connectivity index (χ0n) is 14.4. The van der Waals surface area contributed by atoms with Gasteiger partial charge in [-0.25, -0.2) is 4.21 Å². The number of esters is 1. The van der Waals surface area contributed by atoms with Crippen LogP contribution in [0.4, 0.5) is 17.6 Å². The van der Waals surface area contributed by atoms with Crippen LogP contribution < -0.4 is 0 Å². The zero-order valence-corrected chi connectivity index (χ0v) is 15.2. The quantitative estimate of drug-likeness (QED) is 0.285. The number of hydrogen-bond acceptors (Lipinski definition) is 3. The first-order valence-corrected chi connectivity index (χ1v) is 10.2. The summed E-state index contributed by atoms with van der Waals surface area (Å²) in [6.07, 6.45) is 5.21. The van der Waals surface area contributed by atoms with Crippen molar-refractivity contribution < 1.29 is 35.9 Å². The molecule has 1 atom stereocenters. The fourth-order valence-electron chi connectivity index (χ4n) is 5.62. The monoisotopic (exact) mass is 400 g/mol. The normalized spacial score (nSPS) is 34.7. The topological polar surface area (TPSA) is 63.6 Å². The van der Waals surface area contributed by atoms with Gasteiger partial charge in [-0.3, -0.25) is 4.79 Å². The van der Waals surface area contributed by atoms with E-state index < -0.39 is 47.7 Å². The fourth-order valence-corrected chi connectivity index (χ4v) is 5.97. The van der Waals surface area contributed by atoms with Crippen molar-refractivity contribution >= 4 is 17.0 Å². The third kappa shape index (κ3) is 3.93. The largest absolute Gasteiger partial charge is 0.466 e. The van der Waals surface area contributed by atoms with Crippen molar-refractivity contribution in [3.8, 4) is 0 Å². The average Bonchev–Trinajstić information content (AvgIpc) is 2.49. The Morgan fingerprint density at radius 2 is 1.58 bits per heavy atom. The van der Waals surface area contributed by atoms with Crippen LogP contribution in [0.1, 0.15) is 57.8 Å². The minimum atomic E-state index is -5.02. The van der Waals surface area contributed by atoms with E-state index in [1.807, 2.05) is 0 Å². The highest BCUT2D eigenvalue weighted by atomic mass is 32.2. The van der Waals surface area contributed by atoms with Crippen LogP contribution in [0.15, 0.2) is 0 Å². The molecule has 0 aromatic carbocycles. The lowest BCUT2D eigenvalue weighted by Crippen LogP contribution is -2.47. The van der Waals surface area contributed by atoms with Gasteiger partial charge < -0.3 is 9.29 Å². The molecule has 4 fully saturated rings. The van der Waals surface area contributed by atoms with Crippen LogP contribution in [0.25, 0.3) is 0 Å². The Balaban J connectivity index is 1.43. The average molecular weight is 400 g/mol. The van der Waals surface area contributed by atoms with Gasteiger partial charge in [-0.1, -0.05) is 0 Å². The van der Waals surface area contributed by atoms with E-state index in [1.165, 1.54) is 19.3 Å². The zero-order chi connectivity index (χ0) is 19.2. The van der Waals surface area contributed by atoms with Gasteiger partial charge in [-0.15, -0.1) is 0 Å². The van der Waals surface area contributed by atoms with E-state index >= 15 is 0 Å². The highest BCUT2D eigenvalue weighted by Gasteiger charge is 2.60. The third-order valence-electron chi connectivity index (χ3n) is 6.23. The second-order valence-corrected chi connectivity index (χ2v) is 9.40. The second-order valence-electron chi connectivity index (χ2n) is 8.39. The standard InChI is InChI=1S/C17H24F4O4S/c18-16(19,17(20,21)26(23)24)2-1-3-25-14(22)10-15-7-11-4-12(8-15)6-13(5-11)9-15/h11-13H,1-10H2,(H,23,24). The minimum Gasteiger partial charge on any atom is -0.466 e. The van der Waals surface area contributed by atoms with Gasteiger partial charge in [0.2, 0.25) is 11.1 Å².